The number of methoxy groups -OCH3 is 1. The van der Waals surface area contributed by atoms with Crippen molar-refractivity contribution in [3.63, 3.8) is 0 Å². The van der Waals surface area contributed by atoms with Gasteiger partial charge in [-0.25, -0.2) is 4.39 Å². The lowest BCUT2D eigenvalue weighted by atomic mass is 10.00. The Bertz CT molecular complexity index is 1480. The van der Waals surface area contributed by atoms with E-state index in [1.54, 1.807) is 44.4 Å². The van der Waals surface area contributed by atoms with Crippen LogP contribution in [-0.2, 0) is 40.4 Å². The van der Waals surface area contributed by atoms with Gasteiger partial charge in [0.05, 0.1) is 18.7 Å². The number of benzene rings is 2. The van der Waals surface area contributed by atoms with E-state index in [1.165, 1.54) is 13.1 Å². The van der Waals surface area contributed by atoms with Crippen LogP contribution in [0.1, 0.15) is 46.8 Å². The van der Waals surface area contributed by atoms with Gasteiger partial charge in [0.2, 0.25) is 0 Å². The second kappa shape index (κ2) is 12.0. The maximum atomic E-state index is 15.3. The first-order chi connectivity index (χ1) is 18.3. The Hall–Kier alpha value is -4.08. The number of esters is 1. The average Bonchev–Trinajstić information content (AvgIpc) is 3.30. The van der Waals surface area contributed by atoms with E-state index in [9.17, 15) is 9.59 Å². The van der Waals surface area contributed by atoms with Gasteiger partial charge in [-0.2, -0.15) is 0 Å². The van der Waals surface area contributed by atoms with Crippen LogP contribution in [0, 0.1) is 5.82 Å². The number of pyridine rings is 1. The molecule has 2 N–H and O–H groups in total. The molecule has 0 saturated carbocycles. The number of halogens is 1. The maximum Gasteiger partial charge on any atom is 0.310 e. The standard InChI is InChI=1S/C29H29FN2O6/c1-4-36-27(34)13-20-6-5-19(17(2)33)12-26(20)37-15-18-9-21-11-22(16-35-3)38-29(21)24(10-18)23-7-8-32-25(14-31)28(23)30/h5-12H,4,13-16,31H2,1-3H3. The highest BCUT2D eigenvalue weighted by atomic mass is 19.1. The summed E-state index contributed by atoms with van der Waals surface area (Å²) in [7, 11) is 1.56. The summed E-state index contributed by atoms with van der Waals surface area (Å²) in [5.41, 5.74) is 8.90. The number of Topliss-reactive ketones (excluding diaryl/α,β-unsaturated/α-hetero) is 1. The Morgan fingerprint density at radius 3 is 2.61 bits per heavy atom. The van der Waals surface area contributed by atoms with Gasteiger partial charge in [0, 0.05) is 47.5 Å². The van der Waals surface area contributed by atoms with E-state index in [0.29, 0.717) is 39.3 Å². The molecule has 0 atom stereocenters. The quantitative estimate of drug-likeness (QED) is 0.214. The number of nitrogens with zero attached hydrogens (tertiary/aromatic N) is 1. The molecule has 0 spiro atoms. The van der Waals surface area contributed by atoms with Gasteiger partial charge in [-0.3, -0.25) is 14.6 Å². The second-order valence-corrected chi connectivity index (χ2v) is 8.68. The molecule has 2 aromatic carbocycles. The molecule has 0 bridgehead atoms. The number of rotatable bonds is 11. The molecule has 9 heteroatoms. The molecular weight excluding hydrogens is 491 g/mol. The smallest absolute Gasteiger partial charge is 0.310 e. The number of ether oxygens (including phenoxy) is 3. The van der Waals surface area contributed by atoms with Crippen molar-refractivity contribution in [2.24, 2.45) is 5.73 Å². The number of hydrogen-bond acceptors (Lipinski definition) is 8. The molecule has 0 unspecified atom stereocenters. The Labute approximate surface area is 219 Å². The van der Waals surface area contributed by atoms with E-state index < -0.39 is 11.8 Å². The fourth-order valence-corrected chi connectivity index (χ4v) is 4.19. The lowest BCUT2D eigenvalue weighted by Crippen LogP contribution is -2.10. The van der Waals surface area contributed by atoms with Crippen molar-refractivity contribution in [2.45, 2.75) is 40.0 Å². The van der Waals surface area contributed by atoms with Crippen molar-refractivity contribution < 1.29 is 32.6 Å². The van der Waals surface area contributed by atoms with Crippen LogP contribution in [0.4, 0.5) is 4.39 Å². The third-order valence-electron chi connectivity index (χ3n) is 5.97. The molecule has 198 valence electrons. The summed E-state index contributed by atoms with van der Waals surface area (Å²) < 4.78 is 37.7. The average molecular weight is 521 g/mol. The molecule has 2 aromatic heterocycles. The van der Waals surface area contributed by atoms with Gasteiger partial charge in [-0.1, -0.05) is 12.1 Å². The first kappa shape index (κ1) is 27.0. The fraction of sp³-hybridized carbons (Fsp3) is 0.276. The van der Waals surface area contributed by atoms with Gasteiger partial charge in [-0.15, -0.1) is 0 Å². The van der Waals surface area contributed by atoms with Gasteiger partial charge < -0.3 is 24.4 Å². The van der Waals surface area contributed by atoms with Crippen LogP contribution in [0.3, 0.4) is 0 Å². The van der Waals surface area contributed by atoms with E-state index in [0.717, 1.165) is 10.9 Å². The van der Waals surface area contributed by atoms with E-state index >= 15 is 4.39 Å². The molecule has 4 rings (SSSR count). The Kier molecular flexibility index (Phi) is 8.50. The first-order valence-corrected chi connectivity index (χ1v) is 12.1. The predicted molar refractivity (Wildman–Crippen MR) is 139 cm³/mol. The van der Waals surface area contributed by atoms with Crippen LogP contribution in [-0.4, -0.2) is 30.5 Å². The molecule has 0 fully saturated rings. The highest BCUT2D eigenvalue weighted by molar-refractivity contribution is 5.95. The summed E-state index contributed by atoms with van der Waals surface area (Å²) in [6.45, 7) is 3.74. The lowest BCUT2D eigenvalue weighted by Gasteiger charge is -2.14. The predicted octanol–water partition coefficient (Wildman–Crippen LogP) is 5.13. The zero-order valence-electron chi connectivity index (χ0n) is 21.5. The molecule has 0 aliphatic rings. The lowest BCUT2D eigenvalue weighted by molar-refractivity contribution is -0.142. The first-order valence-electron chi connectivity index (χ1n) is 12.1. The number of ketones is 1. The van der Waals surface area contributed by atoms with Gasteiger partial charge >= 0.3 is 5.97 Å². The Morgan fingerprint density at radius 2 is 1.89 bits per heavy atom. The molecule has 0 aliphatic heterocycles. The molecule has 8 nitrogen and oxygen atoms in total. The molecule has 0 radical (unpaired) electrons. The Balaban J connectivity index is 1.74. The van der Waals surface area contributed by atoms with Crippen LogP contribution in [0.2, 0.25) is 0 Å². The van der Waals surface area contributed by atoms with E-state index in [-0.39, 0.29) is 44.3 Å². The third-order valence-corrected chi connectivity index (χ3v) is 5.97. The summed E-state index contributed by atoms with van der Waals surface area (Å²) in [6.07, 6.45) is 1.50. The monoisotopic (exact) mass is 520 g/mol. The van der Waals surface area contributed by atoms with E-state index in [2.05, 4.69) is 4.98 Å². The number of fused-ring (bicyclic) bond motifs is 1. The largest absolute Gasteiger partial charge is 0.489 e. The number of carbonyl (C=O) groups is 2. The molecule has 0 saturated heterocycles. The van der Waals surface area contributed by atoms with E-state index in [1.807, 2.05) is 12.1 Å². The van der Waals surface area contributed by atoms with Crippen LogP contribution in [0.15, 0.2) is 53.1 Å². The Morgan fingerprint density at radius 1 is 1.08 bits per heavy atom. The third kappa shape index (κ3) is 5.90. The minimum atomic E-state index is -0.523. The number of carbonyl (C=O) groups excluding carboxylic acids is 2. The molecule has 38 heavy (non-hydrogen) atoms. The summed E-state index contributed by atoms with van der Waals surface area (Å²) in [6, 6.07) is 12.0. The normalized spacial score (nSPS) is 11.1. The molecule has 0 amide bonds. The summed E-state index contributed by atoms with van der Waals surface area (Å²) in [5, 5.41) is 0.739. The number of aromatic nitrogens is 1. The SMILES string of the molecule is CCOC(=O)Cc1ccc(C(C)=O)cc1OCc1cc(-c2ccnc(CN)c2F)c2oc(COC)cc2c1. The summed E-state index contributed by atoms with van der Waals surface area (Å²) in [4.78, 5) is 28.1. The van der Waals surface area contributed by atoms with Crippen LogP contribution >= 0.6 is 0 Å². The summed E-state index contributed by atoms with van der Waals surface area (Å²) in [5.74, 6) is -0.0786. The minimum absolute atomic E-state index is 0.00214. The molecule has 0 aliphatic carbocycles. The van der Waals surface area contributed by atoms with E-state index in [4.69, 9.17) is 24.4 Å². The van der Waals surface area contributed by atoms with Crippen LogP contribution in [0.5, 0.6) is 5.75 Å². The zero-order chi connectivity index (χ0) is 27.2. The number of hydrogen-bond donors (Lipinski definition) is 1. The zero-order valence-corrected chi connectivity index (χ0v) is 21.5. The van der Waals surface area contributed by atoms with Crippen LogP contribution < -0.4 is 10.5 Å². The van der Waals surface area contributed by atoms with Gasteiger partial charge in [0.25, 0.3) is 0 Å². The summed E-state index contributed by atoms with van der Waals surface area (Å²) >= 11 is 0. The van der Waals surface area contributed by atoms with Crippen molar-refractivity contribution in [1.29, 1.82) is 0 Å². The van der Waals surface area contributed by atoms with Crippen molar-refractivity contribution in [3.05, 3.63) is 82.6 Å². The van der Waals surface area contributed by atoms with Crippen molar-refractivity contribution in [2.75, 3.05) is 13.7 Å². The maximum absolute atomic E-state index is 15.3. The topological polar surface area (TPSA) is 114 Å². The highest BCUT2D eigenvalue weighted by Crippen LogP contribution is 2.35. The molecule has 2 heterocycles. The van der Waals surface area contributed by atoms with Gasteiger partial charge in [0.15, 0.2) is 11.6 Å². The number of furan rings is 1. The van der Waals surface area contributed by atoms with Crippen molar-refractivity contribution in [1.82, 2.24) is 4.98 Å². The van der Waals surface area contributed by atoms with Gasteiger partial charge in [0.1, 0.15) is 30.3 Å². The number of nitrogens with two attached hydrogens (primary N) is 1. The van der Waals surface area contributed by atoms with Gasteiger partial charge in [-0.05, 0) is 49.7 Å². The molecular formula is C29H29FN2O6. The highest BCUT2D eigenvalue weighted by Gasteiger charge is 2.19. The van der Waals surface area contributed by atoms with Crippen molar-refractivity contribution >= 4 is 22.7 Å². The second-order valence-electron chi connectivity index (χ2n) is 8.68. The van der Waals surface area contributed by atoms with Crippen molar-refractivity contribution in [3.8, 4) is 16.9 Å². The fourth-order valence-electron chi connectivity index (χ4n) is 4.19. The van der Waals surface area contributed by atoms with Crippen LogP contribution in [0.25, 0.3) is 22.1 Å². The minimum Gasteiger partial charge on any atom is -0.489 e. The molecule has 4 aromatic rings.